The van der Waals surface area contributed by atoms with Gasteiger partial charge >= 0.3 is 0 Å². The molecule has 0 bridgehead atoms. The first-order chi connectivity index (χ1) is 11.0. The predicted octanol–water partition coefficient (Wildman–Crippen LogP) is 5.71. The molecule has 1 unspecified atom stereocenters. The monoisotopic (exact) mass is 410 g/mol. The van der Waals surface area contributed by atoms with Gasteiger partial charge in [-0.15, -0.1) is 0 Å². The average Bonchev–Trinajstić information content (AvgIpc) is 2.65. The van der Waals surface area contributed by atoms with Gasteiger partial charge in [0.2, 0.25) is 0 Å². The Bertz CT molecular complexity index is 766. The minimum Gasteiger partial charge on any atom is -0.392 e. The van der Waals surface area contributed by atoms with E-state index in [4.69, 9.17) is 11.6 Å². The van der Waals surface area contributed by atoms with Gasteiger partial charge in [-0.3, -0.25) is 0 Å². The van der Waals surface area contributed by atoms with Gasteiger partial charge in [-0.1, -0.05) is 52.3 Å². The van der Waals surface area contributed by atoms with Crippen molar-refractivity contribution in [2.45, 2.75) is 37.2 Å². The van der Waals surface area contributed by atoms with Crippen molar-refractivity contribution in [3.8, 4) is 0 Å². The largest absolute Gasteiger partial charge is 0.392 e. The second-order valence-electron chi connectivity index (χ2n) is 5.54. The van der Waals surface area contributed by atoms with Gasteiger partial charge < -0.3 is 5.11 Å². The third-order valence-electron chi connectivity index (χ3n) is 3.79. The summed E-state index contributed by atoms with van der Waals surface area (Å²) in [7, 11) is 0. The molecule has 23 heavy (non-hydrogen) atoms. The summed E-state index contributed by atoms with van der Waals surface area (Å²) in [5.74, 6) is 1.05. The highest BCUT2D eigenvalue weighted by Gasteiger charge is 2.19. The molecule has 1 aliphatic rings. The molecule has 1 atom stereocenters. The van der Waals surface area contributed by atoms with Crippen molar-refractivity contribution in [2.24, 2.45) is 4.99 Å². The number of pyridine rings is 1. The SMILES string of the molecule is CC1CCC(=Nc2cc(CO)cc(Cl)n2)Sc2cc(Br)ccc21. The summed E-state index contributed by atoms with van der Waals surface area (Å²) in [5, 5.41) is 10.7. The smallest absolute Gasteiger partial charge is 0.154 e. The van der Waals surface area contributed by atoms with Crippen LogP contribution in [0.4, 0.5) is 5.82 Å². The van der Waals surface area contributed by atoms with Crippen LogP contribution in [-0.4, -0.2) is 15.1 Å². The first-order valence-corrected chi connectivity index (χ1v) is 9.36. The van der Waals surface area contributed by atoms with Gasteiger partial charge in [0.15, 0.2) is 5.82 Å². The molecular weight excluding hydrogens is 396 g/mol. The Labute approximate surface area is 153 Å². The first kappa shape index (κ1) is 17.0. The molecule has 1 aromatic heterocycles. The van der Waals surface area contributed by atoms with E-state index in [0.717, 1.165) is 27.9 Å². The van der Waals surface area contributed by atoms with Crippen LogP contribution in [0.3, 0.4) is 0 Å². The van der Waals surface area contributed by atoms with E-state index in [9.17, 15) is 5.11 Å². The highest BCUT2D eigenvalue weighted by molar-refractivity contribution is 9.10. The lowest BCUT2D eigenvalue weighted by Crippen LogP contribution is -1.94. The zero-order valence-corrected chi connectivity index (χ0v) is 15.7. The standard InChI is InChI=1S/C17H16BrClN2OS/c1-10-2-5-17(23-14-8-12(18)3-4-13(10)14)21-16-7-11(9-22)6-15(19)20-16/h3-4,6-8,10,22H,2,5,9H2,1H3. The number of rotatable bonds is 2. The summed E-state index contributed by atoms with van der Waals surface area (Å²) in [6.07, 6.45) is 1.95. The Morgan fingerprint density at radius 2 is 2.22 bits per heavy atom. The fourth-order valence-electron chi connectivity index (χ4n) is 2.57. The van der Waals surface area contributed by atoms with E-state index >= 15 is 0 Å². The van der Waals surface area contributed by atoms with E-state index in [1.54, 1.807) is 23.9 Å². The number of aliphatic hydroxyl groups is 1. The maximum absolute atomic E-state index is 9.29. The molecule has 3 rings (SSSR count). The summed E-state index contributed by atoms with van der Waals surface area (Å²) in [5.41, 5.74) is 2.08. The number of hydrogen-bond donors (Lipinski definition) is 1. The number of fused-ring (bicyclic) bond motifs is 1. The van der Waals surface area contributed by atoms with Crippen LogP contribution in [0.5, 0.6) is 0 Å². The lowest BCUT2D eigenvalue weighted by Gasteiger charge is -2.11. The van der Waals surface area contributed by atoms with Crippen LogP contribution in [0.15, 0.2) is 44.7 Å². The molecule has 0 spiro atoms. The van der Waals surface area contributed by atoms with E-state index in [1.165, 1.54) is 10.5 Å². The Morgan fingerprint density at radius 1 is 1.39 bits per heavy atom. The first-order valence-electron chi connectivity index (χ1n) is 7.37. The number of aliphatic imine (C=N–C) groups is 1. The predicted molar refractivity (Wildman–Crippen MR) is 99.9 cm³/mol. The molecule has 120 valence electrons. The number of nitrogens with zero attached hydrogens (tertiary/aromatic N) is 2. The summed E-state index contributed by atoms with van der Waals surface area (Å²) >= 11 is 11.2. The fraction of sp³-hybridized carbons (Fsp3) is 0.294. The molecule has 1 aromatic carbocycles. The van der Waals surface area contributed by atoms with Crippen molar-refractivity contribution >= 4 is 50.2 Å². The number of aromatic nitrogens is 1. The lowest BCUT2D eigenvalue weighted by atomic mass is 9.97. The summed E-state index contributed by atoms with van der Waals surface area (Å²) < 4.78 is 1.07. The third-order valence-corrected chi connectivity index (χ3v) is 5.58. The molecule has 0 radical (unpaired) electrons. The Kier molecular flexibility index (Phi) is 5.42. The maximum Gasteiger partial charge on any atom is 0.154 e. The van der Waals surface area contributed by atoms with Crippen LogP contribution >= 0.6 is 39.3 Å². The van der Waals surface area contributed by atoms with Crippen molar-refractivity contribution in [3.63, 3.8) is 0 Å². The van der Waals surface area contributed by atoms with E-state index in [1.807, 2.05) is 0 Å². The van der Waals surface area contributed by atoms with Crippen molar-refractivity contribution < 1.29 is 5.11 Å². The topological polar surface area (TPSA) is 45.5 Å². The van der Waals surface area contributed by atoms with Gasteiger partial charge in [-0.25, -0.2) is 9.98 Å². The maximum atomic E-state index is 9.29. The third kappa shape index (κ3) is 4.15. The molecule has 0 fully saturated rings. The van der Waals surface area contributed by atoms with E-state index in [-0.39, 0.29) is 6.61 Å². The molecule has 0 saturated carbocycles. The molecule has 6 heteroatoms. The number of thioether (sulfide) groups is 1. The van der Waals surface area contributed by atoms with Crippen LogP contribution in [0, 0.1) is 0 Å². The van der Waals surface area contributed by atoms with Crippen LogP contribution in [0.25, 0.3) is 0 Å². The summed E-state index contributed by atoms with van der Waals surface area (Å²) in [4.78, 5) is 10.1. The number of halogens is 2. The normalized spacial score (nSPS) is 19.5. The molecule has 1 N–H and O–H groups in total. The van der Waals surface area contributed by atoms with Crippen LogP contribution < -0.4 is 0 Å². The zero-order chi connectivity index (χ0) is 16.4. The molecule has 2 heterocycles. The minimum atomic E-state index is -0.0694. The van der Waals surface area contributed by atoms with E-state index < -0.39 is 0 Å². The summed E-state index contributed by atoms with van der Waals surface area (Å²) in [6.45, 7) is 2.18. The van der Waals surface area contributed by atoms with Crippen molar-refractivity contribution in [3.05, 3.63) is 51.1 Å². The molecule has 0 amide bonds. The highest BCUT2D eigenvalue weighted by atomic mass is 79.9. The second-order valence-corrected chi connectivity index (χ2v) is 7.96. The second kappa shape index (κ2) is 7.34. The van der Waals surface area contributed by atoms with E-state index in [0.29, 0.717) is 16.9 Å². The molecule has 3 nitrogen and oxygen atoms in total. The highest BCUT2D eigenvalue weighted by Crippen LogP contribution is 2.39. The van der Waals surface area contributed by atoms with Crippen molar-refractivity contribution in [1.82, 2.24) is 4.98 Å². The molecule has 0 aliphatic carbocycles. The van der Waals surface area contributed by atoms with Gasteiger partial charge in [-0.05, 0) is 54.2 Å². The Balaban J connectivity index is 1.96. The number of hydrogen-bond acceptors (Lipinski definition) is 4. The van der Waals surface area contributed by atoms with Crippen molar-refractivity contribution in [1.29, 1.82) is 0 Å². The lowest BCUT2D eigenvalue weighted by molar-refractivity contribution is 0.282. The van der Waals surface area contributed by atoms with Gasteiger partial charge in [0.25, 0.3) is 0 Å². The van der Waals surface area contributed by atoms with E-state index in [2.05, 4.69) is 51.0 Å². The zero-order valence-electron chi connectivity index (χ0n) is 12.6. The molecule has 2 aromatic rings. The van der Waals surface area contributed by atoms with Crippen LogP contribution in [-0.2, 0) is 6.61 Å². The van der Waals surface area contributed by atoms with Gasteiger partial charge in [0.1, 0.15) is 5.15 Å². The van der Waals surface area contributed by atoms with Gasteiger partial charge in [0, 0.05) is 9.37 Å². The summed E-state index contributed by atoms with van der Waals surface area (Å²) in [6, 6.07) is 9.84. The number of benzene rings is 1. The van der Waals surface area contributed by atoms with Crippen molar-refractivity contribution in [2.75, 3.05) is 0 Å². The van der Waals surface area contributed by atoms with Crippen LogP contribution in [0.1, 0.15) is 36.8 Å². The Hall–Kier alpha value is -0.880. The Morgan fingerprint density at radius 3 is 3.00 bits per heavy atom. The fourth-order valence-corrected chi connectivity index (χ4v) is 4.49. The number of aliphatic hydroxyl groups excluding tert-OH is 1. The van der Waals surface area contributed by atoms with Gasteiger partial charge in [0.05, 0.1) is 11.7 Å². The molecule has 0 saturated heterocycles. The van der Waals surface area contributed by atoms with Crippen LogP contribution in [0.2, 0.25) is 5.15 Å². The molecule has 1 aliphatic heterocycles. The van der Waals surface area contributed by atoms with Gasteiger partial charge in [-0.2, -0.15) is 0 Å². The quantitative estimate of drug-likeness (QED) is 0.644. The molecular formula is C17H16BrClN2OS. The minimum absolute atomic E-state index is 0.0694. The average molecular weight is 412 g/mol.